The second-order valence-electron chi connectivity index (χ2n) is 4.61. The number of hydrogen-bond acceptors (Lipinski definition) is 3. The minimum atomic E-state index is -0.131. The van der Waals surface area contributed by atoms with E-state index in [4.69, 9.17) is 0 Å². The van der Waals surface area contributed by atoms with Crippen LogP contribution in [0.3, 0.4) is 0 Å². The summed E-state index contributed by atoms with van der Waals surface area (Å²) >= 11 is 3.34. The number of nitrogens with zero attached hydrogens (tertiary/aromatic N) is 3. The third-order valence-electron chi connectivity index (χ3n) is 3.01. The fourth-order valence-corrected chi connectivity index (χ4v) is 2.48. The summed E-state index contributed by atoms with van der Waals surface area (Å²) in [7, 11) is 3.58. The van der Waals surface area contributed by atoms with Crippen molar-refractivity contribution in [3.63, 3.8) is 0 Å². The van der Waals surface area contributed by atoms with E-state index in [1.165, 1.54) is 15.8 Å². The van der Waals surface area contributed by atoms with Gasteiger partial charge in [0.05, 0.1) is 11.9 Å². The van der Waals surface area contributed by atoms with Crippen molar-refractivity contribution in [3.8, 4) is 0 Å². The van der Waals surface area contributed by atoms with Crippen LogP contribution in [0.1, 0.15) is 11.1 Å². The lowest BCUT2D eigenvalue weighted by Gasteiger charge is -2.20. The maximum absolute atomic E-state index is 11.8. The van der Waals surface area contributed by atoms with Crippen LogP contribution in [-0.2, 0) is 13.6 Å². The van der Waals surface area contributed by atoms with Gasteiger partial charge in [-0.3, -0.25) is 4.79 Å². The fourth-order valence-electron chi connectivity index (χ4n) is 1.82. The molecule has 2 rings (SSSR count). The molecule has 0 saturated carbocycles. The number of benzene rings is 1. The first-order valence-electron chi connectivity index (χ1n) is 5.97. The maximum atomic E-state index is 11.8. The largest absolute Gasteiger partial charge is 0.368 e. The molecule has 2 aromatic rings. The standard InChI is InChI=1S/C14H16BrN3O/c1-10-4-6-11(7-5-10)9-17(2)12-8-16-18(3)14(19)13(12)15/h4-8H,9H2,1-3H3. The Hall–Kier alpha value is -1.62. The normalized spacial score (nSPS) is 10.5. The summed E-state index contributed by atoms with van der Waals surface area (Å²) in [6.45, 7) is 2.79. The van der Waals surface area contributed by atoms with Crippen molar-refractivity contribution in [1.29, 1.82) is 0 Å². The molecule has 100 valence electrons. The zero-order chi connectivity index (χ0) is 14.0. The molecular formula is C14H16BrN3O. The van der Waals surface area contributed by atoms with E-state index in [0.29, 0.717) is 4.47 Å². The van der Waals surface area contributed by atoms with Gasteiger partial charge in [-0.05, 0) is 28.4 Å². The molecule has 19 heavy (non-hydrogen) atoms. The van der Waals surface area contributed by atoms with Crippen molar-refractivity contribution in [3.05, 3.63) is 56.4 Å². The topological polar surface area (TPSA) is 38.1 Å². The van der Waals surface area contributed by atoms with Crippen molar-refractivity contribution in [2.24, 2.45) is 7.05 Å². The number of rotatable bonds is 3. The van der Waals surface area contributed by atoms with E-state index in [2.05, 4.69) is 52.2 Å². The highest BCUT2D eigenvalue weighted by atomic mass is 79.9. The fraction of sp³-hybridized carbons (Fsp3) is 0.286. The van der Waals surface area contributed by atoms with Crippen LogP contribution in [0.4, 0.5) is 5.69 Å². The Labute approximate surface area is 120 Å². The minimum Gasteiger partial charge on any atom is -0.368 e. The average molecular weight is 322 g/mol. The molecule has 4 nitrogen and oxygen atoms in total. The third-order valence-corrected chi connectivity index (χ3v) is 3.76. The van der Waals surface area contributed by atoms with Crippen molar-refractivity contribution in [2.75, 3.05) is 11.9 Å². The Kier molecular flexibility index (Phi) is 4.04. The lowest BCUT2D eigenvalue weighted by Crippen LogP contribution is -2.25. The summed E-state index contributed by atoms with van der Waals surface area (Å²) in [6.07, 6.45) is 1.69. The second-order valence-corrected chi connectivity index (χ2v) is 5.41. The molecule has 0 amide bonds. The predicted molar refractivity (Wildman–Crippen MR) is 80.5 cm³/mol. The molecule has 0 N–H and O–H groups in total. The van der Waals surface area contributed by atoms with Gasteiger partial charge in [0, 0.05) is 20.6 Å². The van der Waals surface area contributed by atoms with E-state index in [-0.39, 0.29) is 5.56 Å². The highest BCUT2D eigenvalue weighted by Gasteiger charge is 2.11. The summed E-state index contributed by atoms with van der Waals surface area (Å²) in [5.74, 6) is 0. The van der Waals surface area contributed by atoms with E-state index in [0.717, 1.165) is 12.2 Å². The van der Waals surface area contributed by atoms with Crippen molar-refractivity contribution in [1.82, 2.24) is 9.78 Å². The van der Waals surface area contributed by atoms with Crippen LogP contribution in [0, 0.1) is 6.92 Å². The van der Waals surface area contributed by atoms with Gasteiger partial charge in [0.15, 0.2) is 0 Å². The van der Waals surface area contributed by atoms with Crippen molar-refractivity contribution < 1.29 is 0 Å². The highest BCUT2D eigenvalue weighted by Crippen LogP contribution is 2.21. The zero-order valence-electron chi connectivity index (χ0n) is 11.2. The smallest absolute Gasteiger partial charge is 0.282 e. The van der Waals surface area contributed by atoms with Crippen LogP contribution in [0.25, 0.3) is 0 Å². The molecule has 0 aliphatic heterocycles. The Morgan fingerprint density at radius 3 is 2.58 bits per heavy atom. The number of halogens is 1. The number of aromatic nitrogens is 2. The third kappa shape index (κ3) is 3.04. The van der Waals surface area contributed by atoms with Crippen LogP contribution < -0.4 is 10.5 Å². The van der Waals surface area contributed by atoms with E-state index >= 15 is 0 Å². The molecule has 0 aliphatic carbocycles. The average Bonchev–Trinajstić information content (AvgIpc) is 2.39. The molecule has 0 bridgehead atoms. The molecule has 5 heteroatoms. The Morgan fingerprint density at radius 1 is 1.32 bits per heavy atom. The molecule has 0 saturated heterocycles. The van der Waals surface area contributed by atoms with Gasteiger partial charge in [-0.2, -0.15) is 5.10 Å². The summed E-state index contributed by atoms with van der Waals surface area (Å²) < 4.78 is 1.85. The summed E-state index contributed by atoms with van der Waals surface area (Å²) in [6, 6.07) is 8.35. The van der Waals surface area contributed by atoms with E-state index in [1.807, 2.05) is 11.9 Å². The maximum Gasteiger partial charge on any atom is 0.282 e. The van der Waals surface area contributed by atoms with Crippen molar-refractivity contribution >= 4 is 21.6 Å². The highest BCUT2D eigenvalue weighted by molar-refractivity contribution is 9.10. The van der Waals surface area contributed by atoms with Crippen LogP contribution >= 0.6 is 15.9 Å². The van der Waals surface area contributed by atoms with Gasteiger partial charge >= 0.3 is 0 Å². The zero-order valence-corrected chi connectivity index (χ0v) is 12.8. The molecule has 1 heterocycles. The SMILES string of the molecule is Cc1ccc(CN(C)c2cnn(C)c(=O)c2Br)cc1. The molecule has 0 radical (unpaired) electrons. The Morgan fingerprint density at radius 2 is 1.95 bits per heavy atom. The number of hydrogen-bond donors (Lipinski definition) is 0. The predicted octanol–water partition coefficient (Wildman–Crippen LogP) is 2.49. The molecule has 0 aliphatic rings. The molecule has 0 spiro atoms. The quantitative estimate of drug-likeness (QED) is 0.871. The van der Waals surface area contributed by atoms with Gasteiger partial charge in [0.1, 0.15) is 4.47 Å². The molecule has 1 aromatic carbocycles. The Bertz CT molecular complexity index is 634. The molecule has 0 fully saturated rings. The van der Waals surface area contributed by atoms with E-state index in [1.54, 1.807) is 13.2 Å². The van der Waals surface area contributed by atoms with Crippen LogP contribution in [0.2, 0.25) is 0 Å². The van der Waals surface area contributed by atoms with E-state index < -0.39 is 0 Å². The summed E-state index contributed by atoms with van der Waals surface area (Å²) in [5.41, 5.74) is 3.10. The first-order chi connectivity index (χ1) is 8.99. The van der Waals surface area contributed by atoms with Crippen LogP contribution in [-0.4, -0.2) is 16.8 Å². The molecule has 0 unspecified atom stereocenters. The Balaban J connectivity index is 2.25. The summed E-state index contributed by atoms with van der Waals surface area (Å²) in [4.78, 5) is 13.8. The minimum absolute atomic E-state index is 0.131. The number of aryl methyl sites for hydroxylation is 2. The van der Waals surface area contributed by atoms with Gasteiger partial charge < -0.3 is 4.90 Å². The van der Waals surface area contributed by atoms with Gasteiger partial charge in [-0.15, -0.1) is 0 Å². The second kappa shape index (κ2) is 5.57. The van der Waals surface area contributed by atoms with Gasteiger partial charge in [-0.25, -0.2) is 4.68 Å². The lowest BCUT2D eigenvalue weighted by molar-refractivity contribution is 0.698. The van der Waals surface area contributed by atoms with Gasteiger partial charge in [0.25, 0.3) is 5.56 Å². The number of anilines is 1. The molecular weight excluding hydrogens is 306 g/mol. The van der Waals surface area contributed by atoms with Crippen LogP contribution in [0.5, 0.6) is 0 Å². The van der Waals surface area contributed by atoms with Gasteiger partial charge in [-0.1, -0.05) is 29.8 Å². The van der Waals surface area contributed by atoms with Crippen LogP contribution in [0.15, 0.2) is 39.7 Å². The molecule has 0 atom stereocenters. The first-order valence-corrected chi connectivity index (χ1v) is 6.77. The van der Waals surface area contributed by atoms with Gasteiger partial charge in [0.2, 0.25) is 0 Å². The van der Waals surface area contributed by atoms with E-state index in [9.17, 15) is 4.79 Å². The lowest BCUT2D eigenvalue weighted by atomic mass is 10.1. The first kappa shape index (κ1) is 13.8. The summed E-state index contributed by atoms with van der Waals surface area (Å²) in [5, 5.41) is 4.05. The van der Waals surface area contributed by atoms with Crippen molar-refractivity contribution in [2.45, 2.75) is 13.5 Å². The molecule has 1 aromatic heterocycles. The monoisotopic (exact) mass is 321 g/mol.